The predicted octanol–water partition coefficient (Wildman–Crippen LogP) is 19.9. The van der Waals surface area contributed by atoms with E-state index in [1.54, 1.807) is 6.08 Å². The third kappa shape index (κ3) is 52.2. The summed E-state index contributed by atoms with van der Waals surface area (Å²) in [6.45, 7) is 5.72. The van der Waals surface area contributed by atoms with Crippen molar-refractivity contribution in [3.05, 3.63) is 72.9 Å². The van der Waals surface area contributed by atoms with Crippen molar-refractivity contribution in [1.29, 1.82) is 0 Å². The molecule has 0 aliphatic carbocycles. The summed E-state index contributed by atoms with van der Waals surface area (Å²) in [5.74, 6) is -1.19. The van der Waals surface area contributed by atoms with Crippen molar-refractivity contribution in [3.8, 4) is 0 Å². The van der Waals surface area contributed by atoms with Crippen LogP contribution in [0.25, 0.3) is 0 Å². The Balaban J connectivity index is 2.51. The van der Waals surface area contributed by atoms with E-state index in [1.165, 1.54) is 199 Å². The number of aliphatic hydroxyl groups is 5. The lowest BCUT2D eigenvalue weighted by atomic mass is 9.99. The first-order chi connectivity index (χ1) is 43.7. The highest BCUT2D eigenvalue weighted by Crippen LogP contribution is 2.26. The zero-order valence-electron chi connectivity index (χ0n) is 57.8. The molecule has 518 valence electrons. The van der Waals surface area contributed by atoms with Crippen molar-refractivity contribution in [2.45, 2.75) is 397 Å². The Morgan fingerprint density at radius 2 is 0.809 bits per heavy atom. The largest absolute Gasteiger partial charge is 0.454 e. The summed E-state index contributed by atoms with van der Waals surface area (Å²) in [7, 11) is 0. The van der Waals surface area contributed by atoms with Crippen molar-refractivity contribution in [2.75, 3.05) is 13.2 Å². The number of amides is 1. The van der Waals surface area contributed by atoms with Gasteiger partial charge in [0.25, 0.3) is 0 Å². The normalized spacial score (nSPS) is 18.5. The molecule has 0 radical (unpaired) electrons. The van der Waals surface area contributed by atoms with Gasteiger partial charge in [0.1, 0.15) is 24.4 Å². The molecule has 1 saturated heterocycles. The number of ether oxygens (including phenoxy) is 3. The Morgan fingerprint density at radius 1 is 0.449 bits per heavy atom. The van der Waals surface area contributed by atoms with E-state index in [4.69, 9.17) is 14.2 Å². The van der Waals surface area contributed by atoms with Crippen LogP contribution in [0.15, 0.2) is 72.9 Å². The van der Waals surface area contributed by atoms with Gasteiger partial charge in [0.15, 0.2) is 12.4 Å². The maximum absolute atomic E-state index is 13.5. The smallest absolute Gasteiger partial charge is 0.306 e. The molecule has 6 N–H and O–H groups in total. The van der Waals surface area contributed by atoms with E-state index < -0.39 is 67.4 Å². The lowest BCUT2D eigenvalue weighted by Gasteiger charge is -2.41. The molecule has 0 saturated carbocycles. The lowest BCUT2D eigenvalue weighted by molar-refractivity contribution is -0.305. The van der Waals surface area contributed by atoms with Crippen molar-refractivity contribution in [2.24, 2.45) is 0 Å². The van der Waals surface area contributed by atoms with Crippen molar-refractivity contribution in [1.82, 2.24) is 5.32 Å². The third-order valence-corrected chi connectivity index (χ3v) is 17.6. The molecule has 1 aliphatic heterocycles. The van der Waals surface area contributed by atoms with Crippen LogP contribution in [-0.2, 0) is 23.8 Å². The van der Waals surface area contributed by atoms with Crippen LogP contribution in [0.3, 0.4) is 0 Å². The molecule has 0 aromatic rings. The van der Waals surface area contributed by atoms with E-state index in [2.05, 4.69) is 86.8 Å². The van der Waals surface area contributed by atoms with Crippen LogP contribution in [0.1, 0.15) is 348 Å². The number of unbranched alkanes of at least 4 members (excludes halogenated alkanes) is 41. The third-order valence-electron chi connectivity index (χ3n) is 17.6. The number of hydrogen-bond acceptors (Lipinski definition) is 10. The Kier molecular flexibility index (Phi) is 61.6. The SMILES string of the molecule is CC/C=C\C/C=C\C/C=C\C/C=C\C/C=C\CCCCCCCCCCCC(=O)OC1C(OCC(NC(=O)C(O)CCCCCCCCCCCCCCCCCCCCCCCCCC)C(O)/C=C/CCCCCCCCCCC)OC(CO)C(O)C1O. The summed E-state index contributed by atoms with van der Waals surface area (Å²) >= 11 is 0. The van der Waals surface area contributed by atoms with E-state index in [9.17, 15) is 35.1 Å². The molecule has 8 unspecified atom stereocenters. The lowest BCUT2D eigenvalue weighted by Crippen LogP contribution is -2.61. The van der Waals surface area contributed by atoms with Gasteiger partial charge in [-0.05, 0) is 70.6 Å². The van der Waals surface area contributed by atoms with Gasteiger partial charge in [0.05, 0.1) is 25.4 Å². The summed E-state index contributed by atoms with van der Waals surface area (Å²) in [6, 6.07) is -1.03. The second-order valence-electron chi connectivity index (χ2n) is 26.0. The average molecular weight is 1250 g/mol. The van der Waals surface area contributed by atoms with Crippen molar-refractivity contribution < 1.29 is 49.3 Å². The van der Waals surface area contributed by atoms with Crippen LogP contribution < -0.4 is 5.32 Å². The molecule has 8 atom stereocenters. The second-order valence-corrected chi connectivity index (χ2v) is 26.0. The number of carbonyl (C=O) groups is 2. The molecule has 1 aliphatic rings. The minimum atomic E-state index is -1.62. The second kappa shape index (κ2) is 65.2. The van der Waals surface area contributed by atoms with Gasteiger partial charge in [-0.25, -0.2) is 0 Å². The van der Waals surface area contributed by atoms with Crippen LogP contribution in [0.4, 0.5) is 0 Å². The van der Waals surface area contributed by atoms with Gasteiger partial charge >= 0.3 is 5.97 Å². The van der Waals surface area contributed by atoms with Crippen molar-refractivity contribution >= 4 is 11.9 Å². The summed E-state index contributed by atoms with van der Waals surface area (Å²) in [4.78, 5) is 26.7. The molecule has 1 fully saturated rings. The van der Waals surface area contributed by atoms with Gasteiger partial charge in [-0.3, -0.25) is 9.59 Å². The number of hydrogen-bond donors (Lipinski definition) is 6. The minimum absolute atomic E-state index is 0.115. The fourth-order valence-corrected chi connectivity index (χ4v) is 11.7. The Morgan fingerprint density at radius 3 is 1.21 bits per heavy atom. The average Bonchev–Trinajstić information content (AvgIpc) is 3.71. The maximum atomic E-state index is 13.5. The van der Waals surface area contributed by atoms with Gasteiger partial charge in [-0.2, -0.15) is 0 Å². The van der Waals surface area contributed by atoms with Crippen LogP contribution in [-0.4, -0.2) is 99.6 Å². The zero-order chi connectivity index (χ0) is 64.6. The fourth-order valence-electron chi connectivity index (χ4n) is 11.7. The predicted molar refractivity (Wildman–Crippen MR) is 375 cm³/mol. The fraction of sp³-hybridized carbons (Fsp3) is 0.821. The number of carbonyl (C=O) groups excluding carboxylic acids is 2. The summed E-state index contributed by atoms with van der Waals surface area (Å²) < 4.78 is 17.7. The molecular weight excluding hydrogens is 1110 g/mol. The number of nitrogens with one attached hydrogen (secondary N) is 1. The summed E-state index contributed by atoms with van der Waals surface area (Å²) in [6.07, 6.45) is 75.3. The zero-order valence-corrected chi connectivity index (χ0v) is 57.8. The van der Waals surface area contributed by atoms with Gasteiger partial charge < -0.3 is 45.1 Å². The van der Waals surface area contributed by atoms with Gasteiger partial charge in [-0.1, -0.05) is 344 Å². The van der Waals surface area contributed by atoms with Crippen LogP contribution in [0.5, 0.6) is 0 Å². The van der Waals surface area contributed by atoms with E-state index >= 15 is 0 Å². The molecule has 0 aromatic carbocycles. The Hall–Kier alpha value is -2.90. The van der Waals surface area contributed by atoms with Gasteiger partial charge in [-0.15, -0.1) is 0 Å². The van der Waals surface area contributed by atoms with Crippen LogP contribution >= 0.6 is 0 Å². The van der Waals surface area contributed by atoms with Crippen LogP contribution in [0, 0.1) is 0 Å². The quantitative estimate of drug-likeness (QED) is 0.0195. The molecule has 0 spiro atoms. The number of allylic oxidation sites excluding steroid dienone is 11. The first-order valence-corrected chi connectivity index (χ1v) is 37.7. The first-order valence-electron chi connectivity index (χ1n) is 37.7. The number of rotatable bonds is 65. The van der Waals surface area contributed by atoms with E-state index in [-0.39, 0.29) is 13.0 Å². The molecule has 1 amide bonds. The summed E-state index contributed by atoms with van der Waals surface area (Å²) in [5, 5.41) is 57.3. The highest BCUT2D eigenvalue weighted by atomic mass is 16.7. The standard InChI is InChI=1S/C78H141NO10/c1-4-7-10-13-16-19-22-24-26-28-30-32-34-36-38-40-42-44-46-48-51-54-57-60-63-66-73(83)89-76-75(85)74(84)72(67-80)88-78(76)87-68-69(70(81)64-61-58-55-52-49-21-18-15-12-9-6-3)79-77(86)71(82)65-62-59-56-53-50-47-45-43-41-39-37-35-33-31-29-27-25-23-20-17-14-11-8-5-2/h7,10,16,19,24,26,30,32,36,38,61,64,69-72,74-76,78,80-82,84-85H,4-6,8-9,11-15,17-18,20-23,25,27-29,31,33-35,37,39-60,62-63,65-68H2,1-3H3,(H,79,86)/b10-7-,19-16-,26-24-,32-30-,38-36-,64-61+. The van der Waals surface area contributed by atoms with E-state index in [1.807, 2.05) is 6.08 Å². The molecule has 11 nitrogen and oxygen atoms in total. The molecule has 0 bridgehead atoms. The Bertz CT molecular complexity index is 1730. The van der Waals surface area contributed by atoms with Gasteiger partial charge in [0.2, 0.25) is 5.91 Å². The molecule has 89 heavy (non-hydrogen) atoms. The molecule has 0 aromatic heterocycles. The molecule has 11 heteroatoms. The maximum Gasteiger partial charge on any atom is 0.306 e. The number of aliphatic hydroxyl groups excluding tert-OH is 5. The van der Waals surface area contributed by atoms with Crippen molar-refractivity contribution in [3.63, 3.8) is 0 Å². The van der Waals surface area contributed by atoms with Crippen LogP contribution in [0.2, 0.25) is 0 Å². The highest BCUT2D eigenvalue weighted by Gasteiger charge is 2.47. The first kappa shape index (κ1) is 84.1. The number of esters is 1. The van der Waals surface area contributed by atoms with E-state index in [0.717, 1.165) is 103 Å². The monoisotopic (exact) mass is 1250 g/mol. The molecular formula is C78H141NO10. The summed E-state index contributed by atoms with van der Waals surface area (Å²) in [5.41, 5.74) is 0. The van der Waals surface area contributed by atoms with Gasteiger partial charge in [0, 0.05) is 6.42 Å². The molecule has 1 heterocycles. The molecule has 1 rings (SSSR count). The Labute approximate surface area is 547 Å². The topological polar surface area (TPSA) is 175 Å². The van der Waals surface area contributed by atoms with E-state index in [0.29, 0.717) is 19.3 Å². The highest BCUT2D eigenvalue weighted by molar-refractivity contribution is 5.80. The minimum Gasteiger partial charge on any atom is -0.454 e.